The van der Waals surface area contributed by atoms with Gasteiger partial charge in [0.05, 0.1) is 33.2 Å². The highest BCUT2D eigenvalue weighted by molar-refractivity contribution is 6.33. The van der Waals surface area contributed by atoms with Gasteiger partial charge in [0.2, 0.25) is 0 Å². The van der Waals surface area contributed by atoms with Crippen LogP contribution in [0, 0.1) is 5.82 Å². The summed E-state index contributed by atoms with van der Waals surface area (Å²) in [4.78, 5) is 34.7. The Hall–Kier alpha value is -3.43. The lowest BCUT2D eigenvalue weighted by Crippen LogP contribution is -2.55. The number of halogens is 2. The van der Waals surface area contributed by atoms with Crippen LogP contribution in [-0.2, 0) is 0 Å². The maximum Gasteiger partial charge on any atom is 0.355 e. The van der Waals surface area contributed by atoms with Gasteiger partial charge in [-0.15, -0.1) is 0 Å². The van der Waals surface area contributed by atoms with Gasteiger partial charge in [-0.2, -0.15) is 4.98 Å². The Kier molecular flexibility index (Phi) is 7.39. The SMILES string of the molecule is CC1CN(c2nc(=O)n(-c3c(C(C)C)ncnc3C(C)C)c3nc(-c4ccccc4F)c(Cl)cc23)CC(C)N1. The van der Waals surface area contributed by atoms with Crippen molar-refractivity contribution in [2.75, 3.05) is 18.0 Å². The molecule has 0 radical (unpaired) electrons. The molecular formula is C29H33ClFN7O. The quantitative estimate of drug-likeness (QED) is 0.353. The normalized spacial score (nSPS) is 17.9. The fourth-order valence-corrected chi connectivity index (χ4v) is 5.62. The van der Waals surface area contributed by atoms with E-state index >= 15 is 0 Å². The molecule has 0 spiro atoms. The minimum atomic E-state index is -0.496. The van der Waals surface area contributed by atoms with E-state index in [1.54, 1.807) is 24.3 Å². The van der Waals surface area contributed by atoms with Gasteiger partial charge in [0, 0.05) is 30.7 Å². The molecule has 4 heterocycles. The fraction of sp³-hybridized carbons (Fsp3) is 0.414. The molecule has 4 aromatic rings. The predicted molar refractivity (Wildman–Crippen MR) is 154 cm³/mol. The van der Waals surface area contributed by atoms with Crippen LogP contribution >= 0.6 is 11.6 Å². The third-order valence-electron chi connectivity index (χ3n) is 6.98. The molecule has 1 N–H and O–H groups in total. The summed E-state index contributed by atoms with van der Waals surface area (Å²) < 4.78 is 16.4. The second-order valence-corrected chi connectivity index (χ2v) is 11.3. The highest BCUT2D eigenvalue weighted by Gasteiger charge is 2.29. The van der Waals surface area contributed by atoms with E-state index in [0.29, 0.717) is 47.0 Å². The van der Waals surface area contributed by atoms with E-state index < -0.39 is 11.5 Å². The maximum atomic E-state index is 14.9. The van der Waals surface area contributed by atoms with Crippen molar-refractivity contribution >= 4 is 28.5 Å². The fourth-order valence-electron chi connectivity index (χ4n) is 5.37. The molecule has 2 atom stereocenters. The Bertz CT molecular complexity index is 1570. The van der Waals surface area contributed by atoms with E-state index in [1.807, 2.05) is 27.7 Å². The van der Waals surface area contributed by atoms with Crippen molar-refractivity contribution in [2.45, 2.75) is 65.5 Å². The number of fused-ring (bicyclic) bond motifs is 1. The number of nitrogens with zero attached hydrogens (tertiary/aromatic N) is 6. The largest absolute Gasteiger partial charge is 0.355 e. The molecule has 1 aliphatic rings. The van der Waals surface area contributed by atoms with Crippen LogP contribution in [0.4, 0.5) is 10.2 Å². The zero-order valence-electron chi connectivity index (χ0n) is 23.0. The van der Waals surface area contributed by atoms with Crippen molar-refractivity contribution in [1.29, 1.82) is 0 Å². The Labute approximate surface area is 232 Å². The number of pyridine rings is 1. The van der Waals surface area contributed by atoms with Crippen LogP contribution in [0.1, 0.15) is 64.8 Å². The van der Waals surface area contributed by atoms with Gasteiger partial charge in [0.1, 0.15) is 18.0 Å². The van der Waals surface area contributed by atoms with Gasteiger partial charge in [-0.1, -0.05) is 51.4 Å². The molecule has 0 bridgehead atoms. The van der Waals surface area contributed by atoms with Crippen LogP contribution in [-0.4, -0.2) is 49.7 Å². The molecule has 1 fully saturated rings. The summed E-state index contributed by atoms with van der Waals surface area (Å²) in [6.45, 7) is 13.6. The number of nitrogens with one attached hydrogen (secondary N) is 1. The minimum Gasteiger partial charge on any atom is -0.353 e. The van der Waals surface area contributed by atoms with Gasteiger partial charge in [-0.3, -0.25) is 0 Å². The van der Waals surface area contributed by atoms with Gasteiger partial charge in [-0.05, 0) is 43.9 Å². The maximum absolute atomic E-state index is 14.9. The smallest absolute Gasteiger partial charge is 0.353 e. The van der Waals surface area contributed by atoms with E-state index in [0.717, 1.165) is 0 Å². The lowest BCUT2D eigenvalue weighted by molar-refractivity contribution is 0.405. The average molecular weight is 550 g/mol. The first kappa shape index (κ1) is 27.1. The molecule has 0 aliphatic carbocycles. The summed E-state index contributed by atoms with van der Waals surface area (Å²) in [5.41, 5.74) is 2.33. The van der Waals surface area contributed by atoms with E-state index in [1.165, 1.54) is 17.0 Å². The van der Waals surface area contributed by atoms with Crippen LogP contribution in [0.5, 0.6) is 0 Å². The Morgan fingerprint density at radius 1 is 1.00 bits per heavy atom. The number of anilines is 1. The second-order valence-electron chi connectivity index (χ2n) is 10.9. The van der Waals surface area contributed by atoms with Crippen LogP contribution in [0.15, 0.2) is 41.5 Å². The molecule has 3 aromatic heterocycles. The highest BCUT2D eigenvalue weighted by atomic mass is 35.5. The number of aromatic nitrogens is 5. The molecule has 1 saturated heterocycles. The van der Waals surface area contributed by atoms with Crippen molar-refractivity contribution in [3.63, 3.8) is 0 Å². The number of piperazine rings is 1. The number of rotatable bonds is 5. The topological polar surface area (TPSA) is 88.8 Å². The lowest BCUT2D eigenvalue weighted by Gasteiger charge is -2.37. The van der Waals surface area contributed by atoms with Gasteiger partial charge in [0.25, 0.3) is 0 Å². The zero-order chi connectivity index (χ0) is 28.0. The highest BCUT2D eigenvalue weighted by Crippen LogP contribution is 2.36. The summed E-state index contributed by atoms with van der Waals surface area (Å²) in [6.07, 6.45) is 1.53. The van der Waals surface area contributed by atoms with Gasteiger partial charge in [-0.25, -0.2) is 28.7 Å². The molecule has 0 amide bonds. The van der Waals surface area contributed by atoms with E-state index in [4.69, 9.17) is 16.6 Å². The molecule has 10 heteroatoms. The Morgan fingerprint density at radius 2 is 1.62 bits per heavy atom. The first-order valence-electron chi connectivity index (χ1n) is 13.3. The molecule has 1 aromatic carbocycles. The number of hydrogen-bond donors (Lipinski definition) is 1. The standard InChI is InChI=1S/C29H33ClFN7O/c1-15(2)23-26(24(16(3)4)33-14-32-23)38-28-20(11-21(30)25(35-28)19-9-7-8-10-22(19)31)27(36-29(38)39)37-12-17(5)34-18(6)13-37/h7-11,14-18,34H,12-13H2,1-6H3. The number of hydrogen-bond acceptors (Lipinski definition) is 7. The van der Waals surface area contributed by atoms with Crippen LogP contribution in [0.2, 0.25) is 5.02 Å². The predicted octanol–water partition coefficient (Wildman–Crippen LogP) is 5.46. The van der Waals surface area contributed by atoms with Crippen molar-refractivity contribution in [3.8, 4) is 16.9 Å². The summed E-state index contributed by atoms with van der Waals surface area (Å²) >= 11 is 6.78. The Balaban J connectivity index is 1.91. The molecule has 8 nitrogen and oxygen atoms in total. The second kappa shape index (κ2) is 10.6. The third kappa shape index (κ3) is 5.01. The zero-order valence-corrected chi connectivity index (χ0v) is 23.8. The molecule has 0 saturated carbocycles. The van der Waals surface area contributed by atoms with Crippen LogP contribution in [0.3, 0.4) is 0 Å². The van der Waals surface area contributed by atoms with Crippen LogP contribution < -0.4 is 15.9 Å². The van der Waals surface area contributed by atoms with Gasteiger partial charge < -0.3 is 10.2 Å². The van der Waals surface area contributed by atoms with E-state index in [-0.39, 0.29) is 40.2 Å². The third-order valence-corrected chi connectivity index (χ3v) is 7.27. The molecule has 39 heavy (non-hydrogen) atoms. The van der Waals surface area contributed by atoms with Crippen molar-refractivity contribution in [1.82, 2.24) is 29.8 Å². The van der Waals surface area contributed by atoms with Crippen molar-refractivity contribution in [2.24, 2.45) is 0 Å². The summed E-state index contributed by atoms with van der Waals surface area (Å²) in [6, 6.07) is 8.47. The minimum absolute atomic E-state index is 0.00432. The lowest BCUT2D eigenvalue weighted by atomic mass is 10.0. The molecule has 5 rings (SSSR count). The molecule has 2 unspecified atom stereocenters. The van der Waals surface area contributed by atoms with Gasteiger partial charge in [0.15, 0.2) is 5.65 Å². The number of benzene rings is 1. The van der Waals surface area contributed by atoms with Crippen molar-refractivity contribution in [3.05, 3.63) is 69.4 Å². The van der Waals surface area contributed by atoms with Crippen molar-refractivity contribution < 1.29 is 4.39 Å². The average Bonchev–Trinajstić information content (AvgIpc) is 2.87. The van der Waals surface area contributed by atoms with E-state index in [2.05, 4.69) is 39.0 Å². The first-order chi connectivity index (χ1) is 18.6. The Morgan fingerprint density at radius 3 is 2.21 bits per heavy atom. The first-order valence-corrected chi connectivity index (χ1v) is 13.7. The monoisotopic (exact) mass is 549 g/mol. The summed E-state index contributed by atoms with van der Waals surface area (Å²) in [5.74, 6) is 0.0496. The van der Waals surface area contributed by atoms with Gasteiger partial charge >= 0.3 is 5.69 Å². The van der Waals surface area contributed by atoms with E-state index in [9.17, 15) is 9.18 Å². The molecular weight excluding hydrogens is 517 g/mol. The van der Waals surface area contributed by atoms with Crippen LogP contribution in [0.25, 0.3) is 28.0 Å². The molecule has 1 aliphatic heterocycles. The summed E-state index contributed by atoms with van der Waals surface area (Å²) in [7, 11) is 0. The molecule has 204 valence electrons. The summed E-state index contributed by atoms with van der Waals surface area (Å²) in [5, 5.41) is 4.39.